The molecular formula is C13H15Cl2NO. The van der Waals surface area contributed by atoms with Gasteiger partial charge in [-0.05, 0) is 43.6 Å². The quantitative estimate of drug-likeness (QED) is 0.770. The molecule has 1 aliphatic rings. The van der Waals surface area contributed by atoms with Crippen LogP contribution >= 0.6 is 23.2 Å². The Morgan fingerprint density at radius 3 is 2.76 bits per heavy atom. The Labute approximate surface area is 112 Å². The maximum absolute atomic E-state index is 11.2. The normalized spacial score (nSPS) is 25.8. The summed E-state index contributed by atoms with van der Waals surface area (Å²) in [7, 11) is 2.04. The SMILES string of the molecule is CN1CCC(c2ccc(Cl)c(Cl)c2)C(C=O)C1. The Morgan fingerprint density at radius 2 is 2.12 bits per heavy atom. The van der Waals surface area contributed by atoms with Crippen molar-refractivity contribution in [1.29, 1.82) is 0 Å². The van der Waals surface area contributed by atoms with Crippen molar-refractivity contribution in [3.8, 4) is 0 Å². The summed E-state index contributed by atoms with van der Waals surface area (Å²) < 4.78 is 0. The molecule has 4 heteroatoms. The first kappa shape index (κ1) is 12.9. The number of carbonyl (C=O) groups excluding carboxylic acids is 1. The monoisotopic (exact) mass is 271 g/mol. The van der Waals surface area contributed by atoms with Crippen molar-refractivity contribution in [2.24, 2.45) is 5.92 Å². The molecule has 17 heavy (non-hydrogen) atoms. The zero-order valence-electron chi connectivity index (χ0n) is 9.70. The highest BCUT2D eigenvalue weighted by atomic mass is 35.5. The number of hydrogen-bond acceptors (Lipinski definition) is 2. The third-order valence-electron chi connectivity index (χ3n) is 3.41. The van der Waals surface area contributed by atoms with Crippen LogP contribution in [0.1, 0.15) is 17.9 Å². The topological polar surface area (TPSA) is 20.3 Å². The molecule has 2 unspecified atom stereocenters. The molecule has 0 bridgehead atoms. The summed E-state index contributed by atoms with van der Waals surface area (Å²) in [5, 5.41) is 1.12. The number of hydrogen-bond donors (Lipinski definition) is 0. The second-order valence-electron chi connectivity index (χ2n) is 4.63. The molecule has 2 nitrogen and oxygen atoms in total. The summed E-state index contributed by atoms with van der Waals surface area (Å²) in [6.07, 6.45) is 2.04. The summed E-state index contributed by atoms with van der Waals surface area (Å²) in [6.45, 7) is 1.82. The van der Waals surface area contributed by atoms with Gasteiger partial charge < -0.3 is 9.69 Å². The van der Waals surface area contributed by atoms with E-state index in [1.165, 1.54) is 0 Å². The fourth-order valence-electron chi connectivity index (χ4n) is 2.45. The van der Waals surface area contributed by atoms with Crippen molar-refractivity contribution in [2.75, 3.05) is 20.1 Å². The Morgan fingerprint density at radius 1 is 1.35 bits per heavy atom. The lowest BCUT2D eigenvalue weighted by molar-refractivity contribution is -0.113. The molecule has 1 heterocycles. The van der Waals surface area contributed by atoms with Crippen LogP contribution in [0.15, 0.2) is 18.2 Å². The molecule has 0 saturated carbocycles. The number of halogens is 2. The number of nitrogens with zero attached hydrogens (tertiary/aromatic N) is 1. The predicted molar refractivity (Wildman–Crippen MR) is 70.9 cm³/mol. The van der Waals surface area contributed by atoms with Gasteiger partial charge in [-0.25, -0.2) is 0 Å². The van der Waals surface area contributed by atoms with E-state index in [-0.39, 0.29) is 11.8 Å². The van der Waals surface area contributed by atoms with Crippen LogP contribution in [0.4, 0.5) is 0 Å². The van der Waals surface area contributed by atoms with E-state index in [2.05, 4.69) is 4.90 Å². The molecule has 92 valence electrons. The Balaban J connectivity index is 2.25. The first-order valence-corrected chi connectivity index (χ1v) is 6.46. The van der Waals surface area contributed by atoms with Crippen LogP contribution in [-0.4, -0.2) is 31.3 Å². The summed E-state index contributed by atoms with van der Waals surface area (Å²) in [5.41, 5.74) is 1.12. The van der Waals surface area contributed by atoms with Crippen molar-refractivity contribution < 1.29 is 4.79 Å². The molecule has 2 atom stereocenters. The first-order chi connectivity index (χ1) is 8.11. The number of piperidine rings is 1. The lowest BCUT2D eigenvalue weighted by Crippen LogP contribution is -2.37. The van der Waals surface area contributed by atoms with Gasteiger partial charge in [-0.1, -0.05) is 29.3 Å². The Kier molecular flexibility index (Phi) is 4.08. The highest BCUT2D eigenvalue weighted by Crippen LogP contribution is 2.34. The van der Waals surface area contributed by atoms with Gasteiger partial charge in [-0.15, -0.1) is 0 Å². The zero-order chi connectivity index (χ0) is 12.4. The molecular weight excluding hydrogens is 257 g/mol. The molecule has 1 aromatic carbocycles. The average molecular weight is 272 g/mol. The van der Waals surface area contributed by atoms with E-state index in [1.54, 1.807) is 6.07 Å². The highest BCUT2D eigenvalue weighted by Gasteiger charge is 2.28. The summed E-state index contributed by atoms with van der Waals surface area (Å²) >= 11 is 11.9. The van der Waals surface area contributed by atoms with E-state index in [4.69, 9.17) is 23.2 Å². The lowest BCUT2D eigenvalue weighted by atomic mass is 9.81. The maximum atomic E-state index is 11.2. The fraction of sp³-hybridized carbons (Fsp3) is 0.462. The zero-order valence-corrected chi connectivity index (χ0v) is 11.2. The van der Waals surface area contributed by atoms with Gasteiger partial charge in [-0.3, -0.25) is 0 Å². The molecule has 0 N–H and O–H groups in total. The Bertz CT molecular complexity index is 422. The van der Waals surface area contributed by atoms with Crippen LogP contribution in [0.3, 0.4) is 0 Å². The number of carbonyl (C=O) groups is 1. The van der Waals surface area contributed by atoms with Crippen LogP contribution in [0.25, 0.3) is 0 Å². The van der Waals surface area contributed by atoms with Crippen molar-refractivity contribution >= 4 is 29.5 Å². The number of benzene rings is 1. The largest absolute Gasteiger partial charge is 0.306 e. The van der Waals surface area contributed by atoms with Crippen LogP contribution < -0.4 is 0 Å². The van der Waals surface area contributed by atoms with Gasteiger partial charge in [-0.2, -0.15) is 0 Å². The first-order valence-electron chi connectivity index (χ1n) is 5.70. The van der Waals surface area contributed by atoms with E-state index in [1.807, 2.05) is 19.2 Å². The number of aldehydes is 1. The molecule has 1 aliphatic heterocycles. The number of rotatable bonds is 2. The van der Waals surface area contributed by atoms with E-state index < -0.39 is 0 Å². The van der Waals surface area contributed by atoms with Gasteiger partial charge in [0.1, 0.15) is 6.29 Å². The van der Waals surface area contributed by atoms with E-state index in [0.29, 0.717) is 10.0 Å². The van der Waals surface area contributed by atoms with Gasteiger partial charge in [0.15, 0.2) is 0 Å². The standard InChI is InChI=1S/C13H15Cl2NO/c1-16-5-4-11(10(7-16)8-17)9-2-3-12(14)13(15)6-9/h2-3,6,8,10-11H,4-5,7H2,1H3. The molecule has 0 spiro atoms. The molecule has 2 rings (SSSR count). The summed E-state index contributed by atoms with van der Waals surface area (Å²) in [4.78, 5) is 13.3. The van der Waals surface area contributed by atoms with Crippen molar-refractivity contribution in [2.45, 2.75) is 12.3 Å². The van der Waals surface area contributed by atoms with Crippen LogP contribution in [0.2, 0.25) is 10.0 Å². The van der Waals surface area contributed by atoms with Crippen LogP contribution in [-0.2, 0) is 4.79 Å². The second-order valence-corrected chi connectivity index (χ2v) is 5.45. The smallest absolute Gasteiger partial charge is 0.124 e. The molecule has 0 aliphatic carbocycles. The minimum Gasteiger partial charge on any atom is -0.306 e. The third kappa shape index (κ3) is 2.82. The van der Waals surface area contributed by atoms with Crippen molar-refractivity contribution in [1.82, 2.24) is 4.90 Å². The lowest BCUT2D eigenvalue weighted by Gasteiger charge is -2.34. The summed E-state index contributed by atoms with van der Waals surface area (Å²) in [5.74, 6) is 0.310. The van der Waals surface area contributed by atoms with Gasteiger partial charge >= 0.3 is 0 Å². The minimum absolute atomic E-state index is 0.0472. The van der Waals surface area contributed by atoms with Crippen molar-refractivity contribution in [3.05, 3.63) is 33.8 Å². The molecule has 0 amide bonds. The van der Waals surface area contributed by atoms with Gasteiger partial charge in [0.25, 0.3) is 0 Å². The summed E-state index contributed by atoms with van der Waals surface area (Å²) in [6, 6.07) is 5.66. The molecule has 1 saturated heterocycles. The van der Waals surface area contributed by atoms with Crippen LogP contribution in [0, 0.1) is 5.92 Å². The van der Waals surface area contributed by atoms with E-state index in [9.17, 15) is 4.79 Å². The molecule has 1 aromatic rings. The molecule has 0 aromatic heterocycles. The van der Waals surface area contributed by atoms with Crippen molar-refractivity contribution in [3.63, 3.8) is 0 Å². The minimum atomic E-state index is 0.0472. The van der Waals surface area contributed by atoms with E-state index >= 15 is 0 Å². The van der Waals surface area contributed by atoms with Gasteiger partial charge in [0, 0.05) is 12.5 Å². The van der Waals surface area contributed by atoms with Crippen LogP contribution in [0.5, 0.6) is 0 Å². The third-order valence-corrected chi connectivity index (χ3v) is 4.15. The molecule has 0 radical (unpaired) electrons. The van der Waals surface area contributed by atoms with E-state index in [0.717, 1.165) is 31.4 Å². The fourth-order valence-corrected chi connectivity index (χ4v) is 2.75. The van der Waals surface area contributed by atoms with Gasteiger partial charge in [0.2, 0.25) is 0 Å². The van der Waals surface area contributed by atoms with Gasteiger partial charge in [0.05, 0.1) is 10.0 Å². The number of likely N-dealkylation sites (tertiary alicyclic amines) is 1. The highest BCUT2D eigenvalue weighted by molar-refractivity contribution is 6.42. The Hall–Kier alpha value is -0.570. The predicted octanol–water partition coefficient (Wildman–Crippen LogP) is 3.23. The second kappa shape index (κ2) is 5.38. The average Bonchev–Trinajstić information content (AvgIpc) is 2.32. The molecule has 1 fully saturated rings. The maximum Gasteiger partial charge on any atom is 0.124 e.